The zero-order valence-electron chi connectivity index (χ0n) is 11.3. The zero-order valence-corrected chi connectivity index (χ0v) is 11.3. The van der Waals surface area contributed by atoms with Crippen LogP contribution in [0.4, 0.5) is 0 Å². The SMILES string of the molecule is Cc1ccc(OCCc2ccccn2)c(/C(N)=N/O)c1. The number of pyridine rings is 1. The summed E-state index contributed by atoms with van der Waals surface area (Å²) in [6, 6.07) is 11.3. The number of ether oxygens (including phenoxy) is 1. The van der Waals surface area contributed by atoms with Crippen molar-refractivity contribution in [3.05, 3.63) is 59.4 Å². The van der Waals surface area contributed by atoms with Crippen molar-refractivity contribution in [2.24, 2.45) is 10.9 Å². The summed E-state index contributed by atoms with van der Waals surface area (Å²) in [5.74, 6) is 0.642. The summed E-state index contributed by atoms with van der Waals surface area (Å²) in [6.45, 7) is 2.41. The molecule has 1 heterocycles. The number of nitrogens with zero attached hydrogens (tertiary/aromatic N) is 2. The van der Waals surface area contributed by atoms with Gasteiger partial charge in [-0.1, -0.05) is 22.9 Å². The molecule has 0 amide bonds. The molecule has 0 saturated heterocycles. The molecular weight excluding hydrogens is 254 g/mol. The lowest BCUT2D eigenvalue weighted by Crippen LogP contribution is -2.15. The highest BCUT2D eigenvalue weighted by Crippen LogP contribution is 2.20. The normalized spacial score (nSPS) is 11.3. The Bertz CT molecular complexity index is 597. The van der Waals surface area contributed by atoms with Crippen LogP contribution in [0, 0.1) is 6.92 Å². The average Bonchev–Trinajstić information content (AvgIpc) is 2.49. The quantitative estimate of drug-likeness (QED) is 0.378. The second kappa shape index (κ2) is 6.56. The summed E-state index contributed by atoms with van der Waals surface area (Å²) in [6.07, 6.45) is 2.45. The van der Waals surface area contributed by atoms with Gasteiger partial charge in [-0.05, 0) is 31.2 Å². The number of nitrogens with two attached hydrogens (primary N) is 1. The summed E-state index contributed by atoms with van der Waals surface area (Å²) in [5.41, 5.74) is 8.23. The predicted molar refractivity (Wildman–Crippen MR) is 77.1 cm³/mol. The van der Waals surface area contributed by atoms with Crippen molar-refractivity contribution in [2.75, 3.05) is 6.61 Å². The van der Waals surface area contributed by atoms with Gasteiger partial charge in [0.05, 0.1) is 12.2 Å². The molecule has 0 aliphatic rings. The summed E-state index contributed by atoms with van der Waals surface area (Å²) >= 11 is 0. The van der Waals surface area contributed by atoms with Crippen molar-refractivity contribution in [3.8, 4) is 5.75 Å². The number of amidine groups is 1. The van der Waals surface area contributed by atoms with E-state index in [0.29, 0.717) is 24.3 Å². The molecule has 1 aromatic carbocycles. The number of aryl methyl sites for hydroxylation is 1. The third-order valence-corrected chi connectivity index (χ3v) is 2.86. The van der Waals surface area contributed by atoms with Crippen LogP contribution < -0.4 is 10.5 Å². The summed E-state index contributed by atoms with van der Waals surface area (Å²) in [4.78, 5) is 4.23. The topological polar surface area (TPSA) is 80.7 Å². The molecule has 0 spiro atoms. The summed E-state index contributed by atoms with van der Waals surface area (Å²) in [5, 5.41) is 11.8. The van der Waals surface area contributed by atoms with Gasteiger partial charge in [0, 0.05) is 18.3 Å². The maximum absolute atomic E-state index is 8.80. The first-order valence-electron chi connectivity index (χ1n) is 6.32. The number of rotatable bonds is 5. The second-order valence-electron chi connectivity index (χ2n) is 4.40. The van der Waals surface area contributed by atoms with E-state index in [0.717, 1.165) is 11.3 Å². The lowest BCUT2D eigenvalue weighted by atomic mass is 10.1. The van der Waals surface area contributed by atoms with Gasteiger partial charge in [-0.25, -0.2) is 0 Å². The molecule has 2 rings (SSSR count). The van der Waals surface area contributed by atoms with Gasteiger partial charge in [0.25, 0.3) is 0 Å². The summed E-state index contributed by atoms with van der Waals surface area (Å²) < 4.78 is 5.71. The van der Waals surface area contributed by atoms with Gasteiger partial charge < -0.3 is 15.7 Å². The maximum Gasteiger partial charge on any atom is 0.173 e. The van der Waals surface area contributed by atoms with Crippen molar-refractivity contribution < 1.29 is 9.94 Å². The Labute approximate surface area is 117 Å². The minimum absolute atomic E-state index is 0.0431. The van der Waals surface area contributed by atoms with Gasteiger partial charge in [-0.2, -0.15) is 0 Å². The van der Waals surface area contributed by atoms with E-state index in [1.807, 2.05) is 43.3 Å². The fourth-order valence-corrected chi connectivity index (χ4v) is 1.84. The van der Waals surface area contributed by atoms with E-state index in [9.17, 15) is 0 Å². The third kappa shape index (κ3) is 3.47. The van der Waals surface area contributed by atoms with Crippen LogP contribution in [-0.2, 0) is 6.42 Å². The number of hydrogen-bond acceptors (Lipinski definition) is 4. The van der Waals surface area contributed by atoms with E-state index in [1.54, 1.807) is 6.20 Å². The Morgan fingerprint density at radius 3 is 2.90 bits per heavy atom. The Kier molecular flexibility index (Phi) is 4.55. The molecule has 0 bridgehead atoms. The smallest absolute Gasteiger partial charge is 0.173 e. The second-order valence-corrected chi connectivity index (χ2v) is 4.40. The molecule has 0 atom stereocenters. The molecule has 20 heavy (non-hydrogen) atoms. The molecule has 0 aliphatic carbocycles. The Balaban J connectivity index is 2.06. The molecule has 3 N–H and O–H groups in total. The van der Waals surface area contributed by atoms with Crippen LogP contribution in [0.1, 0.15) is 16.8 Å². The van der Waals surface area contributed by atoms with Crippen molar-refractivity contribution in [1.82, 2.24) is 4.98 Å². The van der Waals surface area contributed by atoms with Gasteiger partial charge in [0.15, 0.2) is 5.84 Å². The van der Waals surface area contributed by atoms with E-state index in [-0.39, 0.29) is 5.84 Å². The zero-order chi connectivity index (χ0) is 14.4. The first kappa shape index (κ1) is 13.9. The van der Waals surface area contributed by atoms with E-state index in [2.05, 4.69) is 10.1 Å². The van der Waals surface area contributed by atoms with Crippen molar-refractivity contribution in [1.29, 1.82) is 0 Å². The molecule has 5 nitrogen and oxygen atoms in total. The van der Waals surface area contributed by atoms with Gasteiger partial charge >= 0.3 is 0 Å². The van der Waals surface area contributed by atoms with E-state index >= 15 is 0 Å². The van der Waals surface area contributed by atoms with Crippen LogP contribution in [-0.4, -0.2) is 22.6 Å². The number of benzene rings is 1. The van der Waals surface area contributed by atoms with Crippen molar-refractivity contribution in [2.45, 2.75) is 13.3 Å². The molecule has 0 saturated carbocycles. The molecule has 0 radical (unpaired) electrons. The predicted octanol–water partition coefficient (Wildman–Crippen LogP) is 2.11. The van der Waals surface area contributed by atoms with Crippen molar-refractivity contribution in [3.63, 3.8) is 0 Å². The molecule has 0 aliphatic heterocycles. The van der Waals surface area contributed by atoms with Crippen LogP contribution in [0.15, 0.2) is 47.8 Å². The Morgan fingerprint density at radius 2 is 2.20 bits per heavy atom. The van der Waals surface area contributed by atoms with E-state index < -0.39 is 0 Å². The van der Waals surface area contributed by atoms with Gasteiger partial charge in [-0.15, -0.1) is 0 Å². The fraction of sp³-hybridized carbons (Fsp3) is 0.200. The van der Waals surface area contributed by atoms with Crippen LogP contribution >= 0.6 is 0 Å². The Morgan fingerprint density at radius 1 is 1.35 bits per heavy atom. The average molecular weight is 271 g/mol. The lowest BCUT2D eigenvalue weighted by molar-refractivity contribution is 0.313. The molecule has 0 fully saturated rings. The van der Waals surface area contributed by atoms with Crippen LogP contribution in [0.2, 0.25) is 0 Å². The van der Waals surface area contributed by atoms with Crippen molar-refractivity contribution >= 4 is 5.84 Å². The lowest BCUT2D eigenvalue weighted by Gasteiger charge is -2.11. The molecule has 104 valence electrons. The Hall–Kier alpha value is -2.56. The highest BCUT2D eigenvalue weighted by atomic mass is 16.5. The standard InChI is InChI=1S/C15H17N3O2/c1-11-5-6-14(13(10-11)15(16)18-19)20-9-7-12-4-2-3-8-17-12/h2-6,8,10,19H,7,9H2,1H3,(H2,16,18). The highest BCUT2D eigenvalue weighted by Gasteiger charge is 2.08. The first-order chi connectivity index (χ1) is 9.70. The van der Waals surface area contributed by atoms with Crippen LogP contribution in [0.25, 0.3) is 0 Å². The summed E-state index contributed by atoms with van der Waals surface area (Å²) in [7, 11) is 0. The molecule has 5 heteroatoms. The monoisotopic (exact) mass is 271 g/mol. The molecule has 1 aromatic heterocycles. The van der Waals surface area contributed by atoms with Gasteiger partial charge in [0.1, 0.15) is 5.75 Å². The minimum Gasteiger partial charge on any atom is -0.492 e. The van der Waals surface area contributed by atoms with E-state index in [4.69, 9.17) is 15.7 Å². The highest BCUT2D eigenvalue weighted by molar-refractivity contribution is 5.99. The number of hydrogen-bond donors (Lipinski definition) is 2. The first-order valence-corrected chi connectivity index (χ1v) is 6.32. The van der Waals surface area contributed by atoms with E-state index in [1.165, 1.54) is 0 Å². The number of oxime groups is 1. The maximum atomic E-state index is 8.80. The van der Waals surface area contributed by atoms with Gasteiger partial charge in [0.2, 0.25) is 0 Å². The largest absolute Gasteiger partial charge is 0.492 e. The van der Waals surface area contributed by atoms with Crippen LogP contribution in [0.3, 0.4) is 0 Å². The van der Waals surface area contributed by atoms with Gasteiger partial charge in [-0.3, -0.25) is 4.98 Å². The third-order valence-electron chi connectivity index (χ3n) is 2.86. The molecular formula is C15H17N3O2. The fourth-order valence-electron chi connectivity index (χ4n) is 1.84. The minimum atomic E-state index is 0.0431. The molecule has 2 aromatic rings. The van der Waals surface area contributed by atoms with Crippen LogP contribution in [0.5, 0.6) is 5.75 Å². The number of aromatic nitrogens is 1. The molecule has 0 unspecified atom stereocenters.